The molecule has 0 unspecified atom stereocenters. The number of carbonyl (C=O) groups excluding carboxylic acids is 3. The smallest absolute Gasteiger partial charge is 0.230 e. The lowest BCUT2D eigenvalue weighted by Gasteiger charge is -2.05. The number of hydrogen-bond donors (Lipinski definition) is 4. The summed E-state index contributed by atoms with van der Waals surface area (Å²) in [6.45, 7) is 0. The lowest BCUT2D eigenvalue weighted by molar-refractivity contribution is -0.116. The quantitative estimate of drug-likeness (QED) is 0.0611. The van der Waals surface area contributed by atoms with Crippen LogP contribution in [0, 0.1) is 0 Å². The standard InChI is InChI=1S/C26H26N6O2S.C18H20N6OS/c33-23(17-19-9-3-1-4-10-19)27-22-16-15-21(29-30-22)13-7-8-14-25-31-32-26(35-25)28-24(34)18-20-11-5-2-6-12-20;19-18-24-23-17(26-18)9-5-4-8-14-10-11-15(22-21-14)20-16(25)12-13-6-2-1-3-7-13/h1-6,9-12,15-16H,7-8,13-14,17-18H2,(H,27,30,33)(H,28,32,34);1-3,6-7,10-11H,4-5,8-9,12H2,(H2,19,24)(H,20,22,25). The van der Waals surface area contributed by atoms with Gasteiger partial charge >= 0.3 is 0 Å². The molecule has 4 heterocycles. The minimum Gasteiger partial charge on any atom is -0.374 e. The molecule has 4 aromatic heterocycles. The molecule has 3 amide bonds. The second kappa shape index (κ2) is 23.7. The topological polar surface area (TPSA) is 216 Å². The number of nitrogens with zero attached hydrogens (tertiary/aromatic N) is 8. The van der Waals surface area contributed by atoms with Crippen molar-refractivity contribution < 1.29 is 14.4 Å². The van der Waals surface area contributed by atoms with Gasteiger partial charge in [0, 0.05) is 12.8 Å². The minimum absolute atomic E-state index is 0.0998. The van der Waals surface area contributed by atoms with Crippen LogP contribution in [0.15, 0.2) is 115 Å². The fourth-order valence-corrected chi connectivity index (χ4v) is 7.39. The summed E-state index contributed by atoms with van der Waals surface area (Å²) >= 11 is 2.83. The molecule has 0 aliphatic heterocycles. The molecule has 17 heteroatoms. The van der Waals surface area contributed by atoms with Crippen LogP contribution >= 0.6 is 22.7 Å². The fraction of sp³-hybridized carbons (Fsp3) is 0.250. The van der Waals surface area contributed by atoms with E-state index in [4.69, 9.17) is 5.73 Å². The van der Waals surface area contributed by atoms with Crippen LogP contribution in [0.3, 0.4) is 0 Å². The van der Waals surface area contributed by atoms with E-state index in [-0.39, 0.29) is 17.7 Å². The molecule has 0 atom stereocenters. The van der Waals surface area contributed by atoms with Crippen LogP contribution in [0.5, 0.6) is 0 Å². The molecular weight excluding hydrogens is 809 g/mol. The summed E-state index contributed by atoms with van der Waals surface area (Å²) in [4.78, 5) is 36.3. The number of amides is 3. The summed E-state index contributed by atoms with van der Waals surface area (Å²) in [6.07, 6.45) is 8.02. The molecule has 0 saturated carbocycles. The number of hydrogen-bond acceptors (Lipinski definition) is 14. The molecule has 0 aliphatic rings. The zero-order valence-corrected chi connectivity index (χ0v) is 35.1. The van der Waals surface area contributed by atoms with Crippen LogP contribution < -0.4 is 21.7 Å². The number of unbranched alkanes of at least 4 members (excludes halogenated alkanes) is 2. The van der Waals surface area contributed by atoms with E-state index >= 15 is 0 Å². The van der Waals surface area contributed by atoms with Crippen molar-refractivity contribution in [3.05, 3.63) is 153 Å². The van der Waals surface area contributed by atoms with Crippen molar-refractivity contribution >= 4 is 62.3 Å². The van der Waals surface area contributed by atoms with Crippen LogP contribution in [0.2, 0.25) is 0 Å². The van der Waals surface area contributed by atoms with Gasteiger partial charge in [0.25, 0.3) is 0 Å². The maximum atomic E-state index is 12.2. The Labute approximate surface area is 361 Å². The maximum absolute atomic E-state index is 12.2. The molecule has 61 heavy (non-hydrogen) atoms. The number of nitrogens with one attached hydrogen (secondary N) is 3. The molecule has 0 aliphatic carbocycles. The largest absolute Gasteiger partial charge is 0.374 e. The first kappa shape index (κ1) is 43.7. The van der Waals surface area contributed by atoms with E-state index in [0.717, 1.165) is 89.5 Å². The van der Waals surface area contributed by atoms with E-state index < -0.39 is 0 Å². The number of nitrogens with two attached hydrogens (primary N) is 1. The van der Waals surface area contributed by atoms with Crippen molar-refractivity contribution in [1.29, 1.82) is 0 Å². The SMILES string of the molecule is Nc1nnc(CCCCc2ccc(NC(=O)Cc3ccccc3)nn2)s1.O=C(Cc1ccccc1)Nc1ccc(CCCCc2nnc(NC(=O)Cc3ccccc3)s2)nn1. The number of rotatable bonds is 19. The van der Waals surface area contributed by atoms with E-state index in [2.05, 4.69) is 56.7 Å². The molecule has 0 spiro atoms. The third-order valence-corrected chi connectivity index (χ3v) is 10.7. The highest BCUT2D eigenvalue weighted by Gasteiger charge is 2.11. The van der Waals surface area contributed by atoms with Gasteiger partial charge in [-0.05, 0) is 79.5 Å². The van der Waals surface area contributed by atoms with Gasteiger partial charge in [-0.3, -0.25) is 14.4 Å². The zero-order chi connectivity index (χ0) is 42.5. The summed E-state index contributed by atoms with van der Waals surface area (Å²) in [5.41, 5.74) is 10.2. The lowest BCUT2D eigenvalue weighted by Crippen LogP contribution is -2.15. The van der Waals surface area contributed by atoms with Crippen molar-refractivity contribution in [3.63, 3.8) is 0 Å². The van der Waals surface area contributed by atoms with Gasteiger partial charge in [-0.2, -0.15) is 10.2 Å². The van der Waals surface area contributed by atoms with Gasteiger partial charge in [0.1, 0.15) is 10.0 Å². The monoisotopic (exact) mass is 854 g/mol. The van der Waals surface area contributed by atoms with Gasteiger partial charge in [-0.15, -0.1) is 30.6 Å². The van der Waals surface area contributed by atoms with Crippen molar-refractivity contribution in [3.8, 4) is 0 Å². The predicted octanol–water partition coefficient (Wildman–Crippen LogP) is 6.91. The summed E-state index contributed by atoms with van der Waals surface area (Å²) < 4.78 is 0. The molecule has 5 N–H and O–H groups in total. The Kier molecular flexibility index (Phi) is 17.0. The second-order valence-electron chi connectivity index (χ2n) is 13.9. The van der Waals surface area contributed by atoms with Crippen molar-refractivity contribution in [2.24, 2.45) is 0 Å². The Morgan fingerprint density at radius 2 is 0.836 bits per heavy atom. The molecule has 3 aromatic carbocycles. The first-order valence-electron chi connectivity index (χ1n) is 19.9. The molecule has 7 rings (SSSR count). The Hall–Kier alpha value is -6.85. The number of aromatic nitrogens is 8. The summed E-state index contributed by atoms with van der Waals surface area (Å²) in [7, 11) is 0. The van der Waals surface area contributed by atoms with Crippen LogP contribution in [-0.4, -0.2) is 58.5 Å². The minimum atomic E-state index is -0.120. The number of benzene rings is 3. The molecule has 7 aromatic rings. The Morgan fingerprint density at radius 1 is 0.426 bits per heavy atom. The Balaban J connectivity index is 0.000000213. The maximum Gasteiger partial charge on any atom is 0.230 e. The summed E-state index contributed by atoms with van der Waals surface area (Å²) in [6, 6.07) is 36.1. The van der Waals surface area contributed by atoms with Crippen LogP contribution in [0.4, 0.5) is 21.9 Å². The van der Waals surface area contributed by atoms with E-state index in [0.29, 0.717) is 41.2 Å². The number of nitrogen functional groups attached to an aromatic ring is 1. The van der Waals surface area contributed by atoms with Gasteiger partial charge in [-0.25, -0.2) is 0 Å². The predicted molar refractivity (Wildman–Crippen MR) is 238 cm³/mol. The van der Waals surface area contributed by atoms with Crippen molar-refractivity contribution in [2.45, 2.75) is 70.6 Å². The fourth-order valence-electron chi connectivity index (χ4n) is 5.94. The average Bonchev–Trinajstić information content (AvgIpc) is 3.91. The first-order chi connectivity index (χ1) is 29.8. The van der Waals surface area contributed by atoms with Gasteiger partial charge in [0.15, 0.2) is 11.6 Å². The van der Waals surface area contributed by atoms with Gasteiger partial charge in [0.2, 0.25) is 28.0 Å². The molecule has 0 radical (unpaired) electrons. The molecule has 0 bridgehead atoms. The van der Waals surface area contributed by atoms with Gasteiger partial charge in [-0.1, -0.05) is 114 Å². The third-order valence-electron chi connectivity index (χ3n) is 8.94. The highest BCUT2D eigenvalue weighted by Crippen LogP contribution is 2.19. The van der Waals surface area contributed by atoms with Crippen molar-refractivity contribution in [1.82, 2.24) is 40.8 Å². The first-order valence-corrected chi connectivity index (χ1v) is 21.5. The summed E-state index contributed by atoms with van der Waals surface area (Å²) in [5.74, 6) is 0.599. The van der Waals surface area contributed by atoms with E-state index in [1.165, 1.54) is 22.7 Å². The van der Waals surface area contributed by atoms with E-state index in [9.17, 15) is 14.4 Å². The Bertz CT molecular complexity index is 2400. The van der Waals surface area contributed by atoms with Gasteiger partial charge < -0.3 is 21.7 Å². The highest BCUT2D eigenvalue weighted by atomic mass is 32.1. The third kappa shape index (κ3) is 16.0. The molecule has 0 saturated heterocycles. The second-order valence-corrected chi connectivity index (χ2v) is 16.1. The number of aryl methyl sites for hydroxylation is 4. The average molecular weight is 855 g/mol. The van der Waals surface area contributed by atoms with Crippen LogP contribution in [0.1, 0.15) is 63.8 Å². The Morgan fingerprint density at radius 3 is 1.25 bits per heavy atom. The number of carbonyl (C=O) groups is 3. The highest BCUT2D eigenvalue weighted by molar-refractivity contribution is 7.15. The molecule has 0 fully saturated rings. The molecular formula is C44H46N12O3S2. The summed E-state index contributed by atoms with van der Waals surface area (Å²) in [5, 5.41) is 43.9. The van der Waals surface area contributed by atoms with Crippen LogP contribution in [-0.2, 0) is 59.3 Å². The number of anilines is 4. The van der Waals surface area contributed by atoms with Gasteiger partial charge in [0.05, 0.1) is 30.7 Å². The zero-order valence-electron chi connectivity index (χ0n) is 33.4. The van der Waals surface area contributed by atoms with E-state index in [1.807, 2.05) is 103 Å². The molecule has 312 valence electrons. The lowest BCUT2D eigenvalue weighted by atomic mass is 10.1. The van der Waals surface area contributed by atoms with Crippen molar-refractivity contribution in [2.75, 3.05) is 21.7 Å². The van der Waals surface area contributed by atoms with Crippen LogP contribution in [0.25, 0.3) is 0 Å². The van der Waals surface area contributed by atoms with E-state index in [1.54, 1.807) is 12.1 Å². The normalized spacial score (nSPS) is 10.6. The molecule has 15 nitrogen and oxygen atoms in total.